The van der Waals surface area contributed by atoms with E-state index >= 15 is 0 Å². The molecule has 1 heterocycles. The van der Waals surface area contributed by atoms with Crippen molar-refractivity contribution in [3.05, 3.63) is 35.9 Å². The first-order valence-electron chi connectivity index (χ1n) is 4.89. The normalized spacial score (nSPS) is 18.3. The molecular weight excluding hydrogens is 323 g/mol. The Hall–Kier alpha value is -0.660. The van der Waals surface area contributed by atoms with Crippen molar-refractivity contribution in [1.29, 1.82) is 0 Å². The van der Waals surface area contributed by atoms with Crippen LogP contribution < -0.4 is 0 Å². The molecule has 0 bridgehead atoms. The van der Waals surface area contributed by atoms with Gasteiger partial charge in [-0.25, -0.2) is 4.79 Å². The Morgan fingerprint density at radius 3 is 2.56 bits per heavy atom. The van der Waals surface area contributed by atoms with Crippen molar-refractivity contribution in [3.63, 3.8) is 0 Å². The van der Waals surface area contributed by atoms with Crippen molar-refractivity contribution in [1.82, 2.24) is 0 Å². The van der Waals surface area contributed by atoms with Crippen molar-refractivity contribution < 1.29 is 19.0 Å². The summed E-state index contributed by atoms with van der Waals surface area (Å²) in [6, 6.07) is 8.84. The molecule has 0 amide bonds. The summed E-state index contributed by atoms with van der Waals surface area (Å²) in [7, 11) is 0. The molecule has 4 nitrogen and oxygen atoms in total. The molecular formula is C11H11IO4. The molecule has 0 radical (unpaired) electrons. The summed E-state index contributed by atoms with van der Waals surface area (Å²) >= 11 is 2.00. The zero-order valence-corrected chi connectivity index (χ0v) is 10.7. The highest BCUT2D eigenvalue weighted by Gasteiger charge is 2.35. The van der Waals surface area contributed by atoms with Gasteiger partial charge in [0.15, 0.2) is 6.61 Å². The third kappa shape index (κ3) is 2.93. The predicted molar refractivity (Wildman–Crippen MR) is 65.4 cm³/mol. The maximum absolute atomic E-state index is 11.6. The number of carbonyl (C=O) groups excluding carboxylic acids is 1. The van der Waals surface area contributed by atoms with Crippen LogP contribution in [0.2, 0.25) is 0 Å². The van der Waals surface area contributed by atoms with Gasteiger partial charge in [-0.15, -0.1) is 0 Å². The predicted octanol–water partition coefficient (Wildman–Crippen LogP) is 1.98. The van der Waals surface area contributed by atoms with Gasteiger partial charge in [-0.05, 0) is 34.7 Å². The molecule has 0 N–H and O–H groups in total. The van der Waals surface area contributed by atoms with Crippen LogP contribution in [0.1, 0.15) is 10.4 Å². The van der Waals surface area contributed by atoms with Crippen LogP contribution in [0.5, 0.6) is 0 Å². The standard InChI is InChI=1S/C11H11IO4/c12-11(15-6-7-16-11)8-14-10(13)9-4-2-1-3-5-9/h1-5H,6-8H2. The van der Waals surface area contributed by atoms with Gasteiger partial charge in [-0.1, -0.05) is 18.2 Å². The Labute approximate surface area is 107 Å². The molecule has 1 aromatic carbocycles. The SMILES string of the molecule is O=C(OCC1(I)OCCO1)c1ccccc1. The van der Waals surface area contributed by atoms with Gasteiger partial charge in [0.1, 0.15) is 0 Å². The average Bonchev–Trinajstić information content (AvgIpc) is 2.75. The molecule has 1 aromatic rings. The molecule has 5 heteroatoms. The summed E-state index contributed by atoms with van der Waals surface area (Å²) in [5.41, 5.74) is 0.528. The number of ether oxygens (including phenoxy) is 3. The molecule has 1 aliphatic heterocycles. The van der Waals surface area contributed by atoms with Gasteiger partial charge < -0.3 is 14.2 Å². The van der Waals surface area contributed by atoms with Gasteiger partial charge in [-0.2, -0.15) is 0 Å². The summed E-state index contributed by atoms with van der Waals surface area (Å²) in [5.74, 6) is -0.365. The van der Waals surface area contributed by atoms with E-state index in [1.54, 1.807) is 24.3 Å². The number of hydrogen-bond donors (Lipinski definition) is 0. The summed E-state index contributed by atoms with van der Waals surface area (Å²) < 4.78 is 14.9. The second kappa shape index (κ2) is 5.11. The Bertz CT molecular complexity index is 360. The van der Waals surface area contributed by atoms with Crippen LogP contribution >= 0.6 is 22.6 Å². The van der Waals surface area contributed by atoms with Gasteiger partial charge in [0.05, 0.1) is 18.8 Å². The fourth-order valence-electron chi connectivity index (χ4n) is 1.32. The van der Waals surface area contributed by atoms with Gasteiger partial charge in [-0.3, -0.25) is 0 Å². The maximum Gasteiger partial charge on any atom is 0.338 e. The lowest BCUT2D eigenvalue weighted by molar-refractivity contribution is -0.0960. The maximum atomic E-state index is 11.6. The van der Waals surface area contributed by atoms with Crippen LogP contribution in [0, 0.1) is 0 Å². The Morgan fingerprint density at radius 2 is 1.94 bits per heavy atom. The fraction of sp³-hybridized carbons (Fsp3) is 0.364. The molecule has 0 spiro atoms. The first-order chi connectivity index (χ1) is 7.70. The quantitative estimate of drug-likeness (QED) is 0.482. The second-order valence-electron chi connectivity index (χ2n) is 3.30. The number of alkyl halides is 1. The third-order valence-corrected chi connectivity index (χ3v) is 3.04. The minimum atomic E-state index is -0.817. The summed E-state index contributed by atoms with van der Waals surface area (Å²) in [6.07, 6.45) is 0. The van der Waals surface area contributed by atoms with Gasteiger partial charge >= 0.3 is 5.97 Å². The van der Waals surface area contributed by atoms with E-state index in [-0.39, 0.29) is 12.6 Å². The lowest BCUT2D eigenvalue weighted by Crippen LogP contribution is -2.29. The number of rotatable bonds is 3. The number of hydrogen-bond acceptors (Lipinski definition) is 4. The molecule has 2 rings (SSSR count). The van der Waals surface area contributed by atoms with E-state index in [9.17, 15) is 4.79 Å². The molecule has 0 atom stereocenters. The minimum absolute atomic E-state index is 0.0985. The van der Waals surface area contributed by atoms with E-state index in [4.69, 9.17) is 14.2 Å². The number of esters is 1. The van der Waals surface area contributed by atoms with Crippen molar-refractivity contribution in [2.75, 3.05) is 19.8 Å². The van der Waals surface area contributed by atoms with Gasteiger partial charge in [0.25, 0.3) is 3.79 Å². The Morgan fingerprint density at radius 1 is 1.31 bits per heavy atom. The van der Waals surface area contributed by atoms with E-state index in [0.29, 0.717) is 18.8 Å². The lowest BCUT2D eigenvalue weighted by atomic mass is 10.2. The molecule has 1 fully saturated rings. The number of benzene rings is 1. The highest BCUT2D eigenvalue weighted by Crippen LogP contribution is 2.27. The highest BCUT2D eigenvalue weighted by atomic mass is 127. The van der Waals surface area contributed by atoms with Crippen molar-refractivity contribution in [2.45, 2.75) is 3.79 Å². The largest absolute Gasteiger partial charge is 0.455 e. The van der Waals surface area contributed by atoms with Crippen molar-refractivity contribution >= 4 is 28.6 Å². The van der Waals surface area contributed by atoms with Crippen LogP contribution in [0.25, 0.3) is 0 Å². The van der Waals surface area contributed by atoms with Crippen LogP contribution in [0.3, 0.4) is 0 Å². The molecule has 1 aliphatic rings. The molecule has 16 heavy (non-hydrogen) atoms. The monoisotopic (exact) mass is 334 g/mol. The smallest absolute Gasteiger partial charge is 0.338 e. The molecule has 0 unspecified atom stereocenters. The summed E-state index contributed by atoms with van der Waals surface area (Å²) in [6.45, 7) is 1.17. The second-order valence-corrected chi connectivity index (χ2v) is 4.94. The fourth-order valence-corrected chi connectivity index (χ4v) is 1.92. The summed E-state index contributed by atoms with van der Waals surface area (Å²) in [4.78, 5) is 11.6. The van der Waals surface area contributed by atoms with Crippen molar-refractivity contribution in [3.8, 4) is 0 Å². The average molecular weight is 334 g/mol. The molecule has 0 aliphatic carbocycles. The van der Waals surface area contributed by atoms with E-state index in [1.807, 2.05) is 28.7 Å². The van der Waals surface area contributed by atoms with E-state index in [1.165, 1.54) is 0 Å². The third-order valence-electron chi connectivity index (χ3n) is 2.10. The first-order valence-corrected chi connectivity index (χ1v) is 5.96. The number of carbonyl (C=O) groups is 1. The molecule has 1 saturated heterocycles. The van der Waals surface area contributed by atoms with E-state index in [0.717, 1.165) is 0 Å². The Kier molecular flexibility index (Phi) is 3.78. The highest BCUT2D eigenvalue weighted by molar-refractivity contribution is 14.1. The van der Waals surface area contributed by atoms with Crippen LogP contribution in [-0.2, 0) is 14.2 Å². The molecule has 86 valence electrons. The van der Waals surface area contributed by atoms with Gasteiger partial charge in [0.2, 0.25) is 0 Å². The van der Waals surface area contributed by atoms with E-state index in [2.05, 4.69) is 0 Å². The summed E-state index contributed by atoms with van der Waals surface area (Å²) in [5, 5.41) is 0. The zero-order chi connectivity index (χ0) is 11.4. The zero-order valence-electron chi connectivity index (χ0n) is 8.52. The van der Waals surface area contributed by atoms with Crippen LogP contribution in [0.15, 0.2) is 30.3 Å². The minimum Gasteiger partial charge on any atom is -0.455 e. The molecule has 0 aromatic heterocycles. The van der Waals surface area contributed by atoms with Crippen LogP contribution in [0.4, 0.5) is 0 Å². The Balaban J connectivity index is 1.89. The van der Waals surface area contributed by atoms with Crippen molar-refractivity contribution in [2.24, 2.45) is 0 Å². The van der Waals surface area contributed by atoms with E-state index < -0.39 is 3.79 Å². The lowest BCUT2D eigenvalue weighted by Gasteiger charge is -2.19. The van der Waals surface area contributed by atoms with Crippen LogP contribution in [-0.4, -0.2) is 29.6 Å². The topological polar surface area (TPSA) is 44.8 Å². The van der Waals surface area contributed by atoms with Gasteiger partial charge in [0, 0.05) is 0 Å². The first kappa shape index (κ1) is 11.8. The number of halogens is 1. The molecule has 0 saturated carbocycles.